The quantitative estimate of drug-likeness (QED) is 0.519. The van der Waals surface area contributed by atoms with Crippen LogP contribution in [0.1, 0.15) is 33.1 Å². The van der Waals surface area contributed by atoms with Crippen LogP contribution in [0.3, 0.4) is 0 Å². The number of amidine groups is 1. The van der Waals surface area contributed by atoms with Crippen LogP contribution in [0.4, 0.5) is 0 Å². The molecule has 3 heteroatoms. The van der Waals surface area contributed by atoms with Gasteiger partial charge >= 0.3 is 0 Å². The third kappa shape index (κ3) is 3.69. The van der Waals surface area contributed by atoms with Crippen molar-refractivity contribution in [2.75, 3.05) is 13.6 Å². The van der Waals surface area contributed by atoms with Gasteiger partial charge in [-0.05, 0) is 31.7 Å². The van der Waals surface area contributed by atoms with Gasteiger partial charge in [-0.15, -0.1) is 6.58 Å². The van der Waals surface area contributed by atoms with Crippen molar-refractivity contribution in [2.24, 2.45) is 9.98 Å². The lowest BCUT2D eigenvalue weighted by molar-refractivity contribution is 0.561. The summed E-state index contributed by atoms with van der Waals surface area (Å²) >= 11 is 0. The number of aliphatic imine (C=N–C) groups is 2. The molecule has 0 aromatic rings. The molecule has 3 nitrogen and oxygen atoms in total. The molecule has 1 aliphatic rings. The summed E-state index contributed by atoms with van der Waals surface area (Å²) in [6.45, 7) is 12.4. The van der Waals surface area contributed by atoms with Crippen molar-refractivity contribution in [3.05, 3.63) is 35.7 Å². The third-order valence-corrected chi connectivity index (χ3v) is 2.96. The molecule has 0 radical (unpaired) electrons. The molecule has 0 fully saturated rings. The average Bonchev–Trinajstić information content (AvgIpc) is 2.71. The van der Waals surface area contributed by atoms with Gasteiger partial charge in [0.25, 0.3) is 0 Å². The summed E-state index contributed by atoms with van der Waals surface area (Å²) in [5, 5.41) is 0. The Balaban J connectivity index is 2.93. The minimum Gasteiger partial charge on any atom is -0.357 e. The second-order valence-electron chi connectivity index (χ2n) is 4.55. The van der Waals surface area contributed by atoms with Gasteiger partial charge in [-0.1, -0.05) is 13.0 Å². The lowest BCUT2D eigenvalue weighted by Gasteiger charge is -2.12. The first-order chi connectivity index (χ1) is 8.62. The van der Waals surface area contributed by atoms with Crippen LogP contribution in [0.15, 0.2) is 45.7 Å². The van der Waals surface area contributed by atoms with E-state index in [1.54, 1.807) is 0 Å². The molecule has 1 heterocycles. The van der Waals surface area contributed by atoms with Crippen LogP contribution in [-0.2, 0) is 0 Å². The van der Waals surface area contributed by atoms with E-state index in [2.05, 4.69) is 50.2 Å². The molecule has 0 bridgehead atoms. The molecule has 0 aliphatic carbocycles. The lowest BCUT2D eigenvalue weighted by atomic mass is 10.1. The Labute approximate surface area is 110 Å². The van der Waals surface area contributed by atoms with E-state index >= 15 is 0 Å². The van der Waals surface area contributed by atoms with E-state index in [9.17, 15) is 0 Å². The van der Waals surface area contributed by atoms with Gasteiger partial charge in [0.15, 0.2) is 0 Å². The molecule has 18 heavy (non-hydrogen) atoms. The Morgan fingerprint density at radius 3 is 2.83 bits per heavy atom. The summed E-state index contributed by atoms with van der Waals surface area (Å²) in [6.07, 6.45) is 6.80. The van der Waals surface area contributed by atoms with E-state index in [1.807, 2.05) is 6.08 Å². The van der Waals surface area contributed by atoms with Crippen molar-refractivity contribution in [1.82, 2.24) is 4.90 Å². The van der Waals surface area contributed by atoms with Gasteiger partial charge in [0.05, 0.1) is 12.2 Å². The molecule has 98 valence electrons. The molecule has 0 saturated carbocycles. The van der Waals surface area contributed by atoms with Crippen LogP contribution in [0, 0.1) is 0 Å². The third-order valence-electron chi connectivity index (χ3n) is 2.96. The fourth-order valence-electron chi connectivity index (χ4n) is 1.93. The van der Waals surface area contributed by atoms with Crippen molar-refractivity contribution in [3.63, 3.8) is 0 Å². The minimum absolute atomic E-state index is 0.746. The number of likely N-dealkylation sites (N-methyl/N-ethyl adjacent to an activating group) is 1. The van der Waals surface area contributed by atoms with Crippen LogP contribution in [-0.4, -0.2) is 31.0 Å². The smallest absolute Gasteiger partial charge is 0.105 e. The fraction of sp³-hybridized carbons (Fsp3) is 0.467. The predicted molar refractivity (Wildman–Crippen MR) is 80.1 cm³/mol. The van der Waals surface area contributed by atoms with E-state index in [0.717, 1.165) is 42.8 Å². The SMILES string of the molecule is C=CC/C(=C/C(C)=C1\CN(C)C(CCC)=N1)N=C. The lowest BCUT2D eigenvalue weighted by Crippen LogP contribution is -2.21. The molecule has 1 aliphatic heterocycles. The molecule has 0 spiro atoms. The monoisotopic (exact) mass is 245 g/mol. The predicted octanol–water partition coefficient (Wildman–Crippen LogP) is 3.57. The summed E-state index contributed by atoms with van der Waals surface area (Å²) in [7, 11) is 2.09. The van der Waals surface area contributed by atoms with Crippen molar-refractivity contribution in [3.8, 4) is 0 Å². The summed E-state index contributed by atoms with van der Waals surface area (Å²) in [4.78, 5) is 10.9. The molecule has 0 atom stereocenters. The zero-order valence-corrected chi connectivity index (χ0v) is 11.7. The first-order valence-electron chi connectivity index (χ1n) is 6.39. The second-order valence-corrected chi connectivity index (χ2v) is 4.55. The molecule has 0 N–H and O–H groups in total. The zero-order valence-electron chi connectivity index (χ0n) is 11.7. The van der Waals surface area contributed by atoms with Gasteiger partial charge in [0.1, 0.15) is 5.84 Å². The molecule has 0 amide bonds. The number of hydrogen-bond donors (Lipinski definition) is 0. The molecule has 0 aromatic heterocycles. The van der Waals surface area contributed by atoms with Gasteiger partial charge < -0.3 is 4.90 Å². The summed E-state index contributed by atoms with van der Waals surface area (Å²) in [6, 6.07) is 0. The maximum absolute atomic E-state index is 4.70. The largest absolute Gasteiger partial charge is 0.357 e. The number of nitrogens with zero attached hydrogens (tertiary/aromatic N) is 3. The van der Waals surface area contributed by atoms with E-state index in [1.165, 1.54) is 5.84 Å². The zero-order chi connectivity index (χ0) is 13.5. The van der Waals surface area contributed by atoms with E-state index in [0.29, 0.717) is 0 Å². The highest BCUT2D eigenvalue weighted by Crippen LogP contribution is 2.20. The molecule has 0 unspecified atom stereocenters. The maximum Gasteiger partial charge on any atom is 0.105 e. The second kappa shape index (κ2) is 6.94. The van der Waals surface area contributed by atoms with Crippen molar-refractivity contribution in [2.45, 2.75) is 33.1 Å². The van der Waals surface area contributed by atoms with Crippen LogP contribution in [0.25, 0.3) is 0 Å². The number of allylic oxidation sites excluding steroid dienone is 3. The number of hydrogen-bond acceptors (Lipinski definition) is 3. The standard InChI is InChI=1S/C15H23N3/c1-6-8-13(16-4)10-12(3)14-11-18(5)15(17-14)9-7-2/h6,10H,1,4,7-9,11H2,2-3,5H3/b13-10-,14-12+. The molecular formula is C15H23N3. The Morgan fingerprint density at radius 1 is 1.56 bits per heavy atom. The van der Waals surface area contributed by atoms with Crippen molar-refractivity contribution >= 4 is 12.6 Å². The van der Waals surface area contributed by atoms with Crippen molar-refractivity contribution < 1.29 is 0 Å². The first-order valence-corrected chi connectivity index (χ1v) is 6.39. The van der Waals surface area contributed by atoms with Gasteiger partial charge in [-0.3, -0.25) is 4.99 Å². The highest BCUT2D eigenvalue weighted by atomic mass is 15.2. The highest BCUT2D eigenvalue weighted by molar-refractivity contribution is 5.85. The van der Waals surface area contributed by atoms with E-state index < -0.39 is 0 Å². The molecule has 0 aromatic carbocycles. The van der Waals surface area contributed by atoms with E-state index in [4.69, 9.17) is 4.99 Å². The Bertz CT molecular complexity index is 413. The van der Waals surface area contributed by atoms with Gasteiger partial charge in [-0.2, -0.15) is 0 Å². The summed E-state index contributed by atoms with van der Waals surface area (Å²) < 4.78 is 0. The molecule has 0 saturated heterocycles. The molecular weight excluding hydrogens is 222 g/mol. The Kier molecular flexibility index (Phi) is 5.56. The Morgan fingerprint density at radius 2 is 2.28 bits per heavy atom. The van der Waals surface area contributed by atoms with E-state index in [-0.39, 0.29) is 0 Å². The minimum atomic E-state index is 0.746. The topological polar surface area (TPSA) is 28.0 Å². The Hall–Kier alpha value is -1.64. The van der Waals surface area contributed by atoms with Crippen LogP contribution in [0.2, 0.25) is 0 Å². The van der Waals surface area contributed by atoms with Gasteiger partial charge in [0, 0.05) is 25.6 Å². The first kappa shape index (κ1) is 14.4. The van der Waals surface area contributed by atoms with Crippen LogP contribution >= 0.6 is 0 Å². The average molecular weight is 245 g/mol. The van der Waals surface area contributed by atoms with Crippen LogP contribution < -0.4 is 0 Å². The normalized spacial score (nSPS) is 18.7. The highest BCUT2D eigenvalue weighted by Gasteiger charge is 2.17. The van der Waals surface area contributed by atoms with Crippen LogP contribution in [0.5, 0.6) is 0 Å². The fourth-order valence-corrected chi connectivity index (χ4v) is 1.93. The number of rotatable bonds is 6. The summed E-state index contributed by atoms with van der Waals surface area (Å²) in [5.41, 5.74) is 3.24. The van der Waals surface area contributed by atoms with Gasteiger partial charge in [0.2, 0.25) is 0 Å². The molecule has 1 rings (SSSR count). The maximum atomic E-state index is 4.70. The summed E-state index contributed by atoms with van der Waals surface area (Å²) in [5.74, 6) is 1.18. The van der Waals surface area contributed by atoms with Gasteiger partial charge in [-0.25, -0.2) is 4.99 Å². The van der Waals surface area contributed by atoms with Crippen molar-refractivity contribution in [1.29, 1.82) is 0 Å².